The van der Waals surface area contributed by atoms with Crippen molar-refractivity contribution < 1.29 is 27.8 Å². The molecule has 8 nitrogen and oxygen atoms in total. The lowest BCUT2D eigenvalue weighted by Gasteiger charge is -2.20. The molecule has 0 atom stereocenters. The molecule has 0 unspecified atom stereocenters. The molecule has 0 spiro atoms. The molecule has 0 radical (unpaired) electrons. The number of phenolic OH excluding ortho intramolecular Hbond substituents is 1. The van der Waals surface area contributed by atoms with E-state index in [0.717, 1.165) is 5.56 Å². The van der Waals surface area contributed by atoms with Crippen LogP contribution < -0.4 is 19.5 Å². The summed E-state index contributed by atoms with van der Waals surface area (Å²) in [4.78, 5) is 12.4. The van der Waals surface area contributed by atoms with Gasteiger partial charge in [-0.05, 0) is 48.1 Å². The van der Waals surface area contributed by atoms with Gasteiger partial charge in [-0.15, -0.1) is 0 Å². The maximum atomic E-state index is 12.5. The van der Waals surface area contributed by atoms with Gasteiger partial charge in [0, 0.05) is 19.0 Å². The number of unbranched alkanes of at least 4 members (excludes halogenated alkanes) is 2. The molecule has 2 aromatic carbocycles. The Kier molecular flexibility index (Phi) is 7.86. The van der Waals surface area contributed by atoms with Crippen molar-refractivity contribution in [3.8, 4) is 17.2 Å². The molecule has 1 aliphatic heterocycles. The average Bonchev–Trinajstić information content (AvgIpc) is 2.76. The fourth-order valence-electron chi connectivity index (χ4n) is 3.38. The highest BCUT2D eigenvalue weighted by molar-refractivity contribution is 7.89. The van der Waals surface area contributed by atoms with E-state index in [1.807, 2.05) is 6.07 Å². The Morgan fingerprint density at radius 1 is 1.00 bits per heavy atom. The molecular formula is C24H32N2O6S. The minimum atomic E-state index is -3.65. The number of hydrogen-bond acceptors (Lipinski definition) is 6. The molecule has 0 saturated heterocycles. The highest BCUT2D eigenvalue weighted by atomic mass is 32.2. The van der Waals surface area contributed by atoms with E-state index in [-0.39, 0.29) is 34.9 Å². The first kappa shape index (κ1) is 24.9. The van der Waals surface area contributed by atoms with Gasteiger partial charge in [-0.25, -0.2) is 13.1 Å². The first-order valence-corrected chi connectivity index (χ1v) is 12.6. The van der Waals surface area contributed by atoms with Gasteiger partial charge in [-0.3, -0.25) is 4.79 Å². The van der Waals surface area contributed by atoms with Gasteiger partial charge in [-0.2, -0.15) is 0 Å². The van der Waals surface area contributed by atoms with Gasteiger partial charge in [0.15, 0.2) is 11.5 Å². The molecule has 33 heavy (non-hydrogen) atoms. The van der Waals surface area contributed by atoms with Crippen LogP contribution in [-0.4, -0.2) is 39.2 Å². The zero-order valence-electron chi connectivity index (χ0n) is 19.3. The third-order valence-electron chi connectivity index (χ3n) is 5.33. The second-order valence-electron chi connectivity index (χ2n) is 9.04. The van der Waals surface area contributed by atoms with Crippen LogP contribution in [0.3, 0.4) is 0 Å². The van der Waals surface area contributed by atoms with E-state index < -0.39 is 10.0 Å². The van der Waals surface area contributed by atoms with Crippen LogP contribution in [0.15, 0.2) is 41.3 Å². The van der Waals surface area contributed by atoms with Gasteiger partial charge in [0.1, 0.15) is 19.0 Å². The number of ether oxygens (including phenoxy) is 2. The number of sulfonamides is 1. The number of hydrogen-bond donors (Lipinski definition) is 3. The number of nitrogens with one attached hydrogen (secondary N) is 2. The van der Waals surface area contributed by atoms with Crippen molar-refractivity contribution in [2.75, 3.05) is 25.1 Å². The van der Waals surface area contributed by atoms with E-state index in [1.165, 1.54) is 12.1 Å². The van der Waals surface area contributed by atoms with Crippen LogP contribution in [0.2, 0.25) is 0 Å². The molecular weight excluding hydrogens is 444 g/mol. The largest absolute Gasteiger partial charge is 0.506 e. The third kappa shape index (κ3) is 6.85. The van der Waals surface area contributed by atoms with Crippen LogP contribution >= 0.6 is 0 Å². The van der Waals surface area contributed by atoms with Gasteiger partial charge in [-0.1, -0.05) is 33.3 Å². The van der Waals surface area contributed by atoms with E-state index in [1.54, 1.807) is 18.2 Å². The van der Waals surface area contributed by atoms with E-state index in [2.05, 4.69) is 30.8 Å². The maximum Gasteiger partial charge on any atom is 0.240 e. The van der Waals surface area contributed by atoms with E-state index in [4.69, 9.17) is 9.47 Å². The second kappa shape index (κ2) is 10.4. The molecule has 1 aliphatic rings. The number of amides is 1. The highest BCUT2D eigenvalue weighted by Crippen LogP contribution is 2.32. The summed E-state index contributed by atoms with van der Waals surface area (Å²) in [5, 5.41) is 12.8. The maximum absolute atomic E-state index is 12.5. The molecule has 9 heteroatoms. The van der Waals surface area contributed by atoms with Crippen molar-refractivity contribution in [1.82, 2.24) is 4.72 Å². The van der Waals surface area contributed by atoms with Crippen LogP contribution in [0, 0.1) is 0 Å². The predicted octanol–water partition coefficient (Wildman–Crippen LogP) is 3.94. The number of fused-ring (bicyclic) bond motifs is 1. The molecule has 180 valence electrons. The van der Waals surface area contributed by atoms with Crippen molar-refractivity contribution in [2.45, 2.75) is 56.8 Å². The lowest BCUT2D eigenvalue weighted by molar-refractivity contribution is -0.116. The summed E-state index contributed by atoms with van der Waals surface area (Å²) < 4.78 is 38.4. The Bertz CT molecular complexity index is 1090. The van der Waals surface area contributed by atoms with Gasteiger partial charge < -0.3 is 19.9 Å². The summed E-state index contributed by atoms with van der Waals surface area (Å²) in [5.74, 6) is 0.809. The topological polar surface area (TPSA) is 114 Å². The summed E-state index contributed by atoms with van der Waals surface area (Å²) in [5.41, 5.74) is 1.32. The van der Waals surface area contributed by atoms with Crippen LogP contribution in [-0.2, 0) is 20.2 Å². The molecule has 1 heterocycles. The van der Waals surface area contributed by atoms with Crippen LogP contribution in [0.25, 0.3) is 0 Å². The number of carbonyl (C=O) groups is 1. The van der Waals surface area contributed by atoms with Gasteiger partial charge in [0.2, 0.25) is 15.9 Å². The van der Waals surface area contributed by atoms with E-state index >= 15 is 0 Å². The number of carbonyl (C=O) groups excluding carboxylic acids is 1. The number of anilines is 1. The van der Waals surface area contributed by atoms with Gasteiger partial charge in [0.05, 0.1) is 10.6 Å². The number of rotatable bonds is 9. The smallest absolute Gasteiger partial charge is 0.240 e. The van der Waals surface area contributed by atoms with Crippen molar-refractivity contribution in [3.05, 3.63) is 42.0 Å². The minimum absolute atomic E-state index is 0.0323. The predicted molar refractivity (Wildman–Crippen MR) is 127 cm³/mol. The first-order chi connectivity index (χ1) is 15.6. The molecule has 3 N–H and O–H groups in total. The van der Waals surface area contributed by atoms with Crippen LogP contribution in [0.1, 0.15) is 52.0 Å². The average molecular weight is 477 g/mol. The van der Waals surface area contributed by atoms with Crippen LogP contribution in [0.4, 0.5) is 5.69 Å². The summed E-state index contributed by atoms with van der Waals surface area (Å²) >= 11 is 0. The Balaban J connectivity index is 1.40. The lowest BCUT2D eigenvalue weighted by atomic mass is 9.87. The monoisotopic (exact) mass is 476 g/mol. The number of aromatic hydroxyl groups is 1. The molecule has 0 bridgehead atoms. The molecule has 0 aromatic heterocycles. The van der Waals surface area contributed by atoms with Gasteiger partial charge >= 0.3 is 0 Å². The highest BCUT2D eigenvalue weighted by Gasteiger charge is 2.19. The van der Waals surface area contributed by atoms with E-state index in [9.17, 15) is 18.3 Å². The quantitative estimate of drug-likeness (QED) is 0.373. The molecule has 0 saturated carbocycles. The van der Waals surface area contributed by atoms with Crippen LogP contribution in [0.5, 0.6) is 17.2 Å². The summed E-state index contributed by atoms with van der Waals surface area (Å²) in [7, 11) is -3.65. The van der Waals surface area contributed by atoms with E-state index in [0.29, 0.717) is 49.7 Å². The van der Waals surface area contributed by atoms with Crippen molar-refractivity contribution in [3.63, 3.8) is 0 Å². The second-order valence-corrected chi connectivity index (χ2v) is 10.8. The first-order valence-electron chi connectivity index (χ1n) is 11.1. The number of benzene rings is 2. The van der Waals surface area contributed by atoms with Crippen molar-refractivity contribution >= 4 is 21.6 Å². The minimum Gasteiger partial charge on any atom is -0.506 e. The molecule has 1 amide bonds. The Morgan fingerprint density at radius 3 is 2.45 bits per heavy atom. The summed E-state index contributed by atoms with van der Waals surface area (Å²) in [6, 6.07) is 9.77. The Morgan fingerprint density at radius 2 is 1.73 bits per heavy atom. The van der Waals surface area contributed by atoms with Crippen molar-refractivity contribution in [1.29, 1.82) is 0 Å². The van der Waals surface area contributed by atoms with Gasteiger partial charge in [0.25, 0.3) is 0 Å². The third-order valence-corrected chi connectivity index (χ3v) is 6.79. The molecule has 0 fully saturated rings. The summed E-state index contributed by atoms with van der Waals surface area (Å²) in [6.07, 6.45) is 2.18. The molecule has 3 rings (SSSR count). The fourth-order valence-corrected chi connectivity index (χ4v) is 4.47. The van der Waals surface area contributed by atoms with Crippen molar-refractivity contribution in [2.24, 2.45) is 0 Å². The SMILES string of the molecule is CC(C)(C)c1ccc(O)c(NC(=O)CCCCCNS(=O)(=O)c2ccc3c(c2)OCCO3)c1. The zero-order valence-corrected chi connectivity index (χ0v) is 20.1. The summed E-state index contributed by atoms with van der Waals surface area (Å²) in [6.45, 7) is 7.29. The molecule has 2 aromatic rings. The Hall–Kier alpha value is -2.78. The number of phenols is 1. The molecule has 0 aliphatic carbocycles. The lowest BCUT2D eigenvalue weighted by Crippen LogP contribution is -2.25. The fraction of sp³-hybridized carbons (Fsp3) is 0.458. The standard InChI is InChI=1S/C24H32N2O6S/c1-24(2,3)17-8-10-20(27)19(15-17)26-23(28)7-5-4-6-12-25-33(29,30)18-9-11-21-22(16-18)32-14-13-31-21/h8-11,15-16,25,27H,4-7,12-14H2,1-3H3,(H,26,28). The zero-order chi connectivity index (χ0) is 24.1. The Labute approximate surface area is 195 Å². The normalized spacial score (nSPS) is 13.5.